The fourth-order valence-corrected chi connectivity index (χ4v) is 3.63. The molecule has 172 valence electrons. The van der Waals surface area contributed by atoms with Gasteiger partial charge in [0.2, 0.25) is 0 Å². The number of hydrogen-bond donors (Lipinski definition) is 2. The van der Waals surface area contributed by atoms with Crippen molar-refractivity contribution in [1.82, 2.24) is 19.7 Å². The fraction of sp³-hybridized carbons (Fsp3) is 0.320. The topological polar surface area (TPSA) is 108 Å². The summed E-state index contributed by atoms with van der Waals surface area (Å²) in [7, 11) is 1.68. The Hall–Kier alpha value is -3.33. The lowest BCUT2D eigenvalue weighted by atomic mass is 10.1. The van der Waals surface area contributed by atoms with Crippen LogP contribution >= 0.6 is 0 Å². The maximum atomic E-state index is 9.50. The van der Waals surface area contributed by atoms with Gasteiger partial charge >= 0.3 is 0 Å². The third kappa shape index (κ3) is 5.03. The van der Waals surface area contributed by atoms with Crippen molar-refractivity contribution in [3.63, 3.8) is 0 Å². The molecule has 0 aliphatic heterocycles. The number of aromatic nitrogens is 4. The highest BCUT2D eigenvalue weighted by Crippen LogP contribution is 2.33. The zero-order chi connectivity index (χ0) is 23.2. The first-order chi connectivity index (χ1) is 16.1. The van der Waals surface area contributed by atoms with Gasteiger partial charge in [0, 0.05) is 31.7 Å². The second kappa shape index (κ2) is 10.5. The van der Waals surface area contributed by atoms with Crippen LogP contribution in [0.25, 0.3) is 28.0 Å². The van der Waals surface area contributed by atoms with Crippen molar-refractivity contribution < 1.29 is 14.6 Å². The number of ether oxygens (including phenoxy) is 2. The summed E-state index contributed by atoms with van der Waals surface area (Å²) >= 11 is 0. The quantitative estimate of drug-likeness (QED) is 0.356. The molecule has 0 aliphatic rings. The van der Waals surface area contributed by atoms with Gasteiger partial charge in [-0.2, -0.15) is 5.10 Å². The van der Waals surface area contributed by atoms with Crippen LogP contribution in [0.2, 0.25) is 0 Å². The molecule has 3 N–H and O–H groups in total. The van der Waals surface area contributed by atoms with Crippen molar-refractivity contribution in [3.05, 3.63) is 66.1 Å². The van der Waals surface area contributed by atoms with Gasteiger partial charge in [0.25, 0.3) is 0 Å². The number of fused-ring (bicyclic) bond motifs is 1. The molecule has 0 aliphatic carbocycles. The molecule has 3 aromatic heterocycles. The predicted molar refractivity (Wildman–Crippen MR) is 127 cm³/mol. The largest absolute Gasteiger partial charge is 0.493 e. The van der Waals surface area contributed by atoms with E-state index in [9.17, 15) is 5.11 Å². The summed E-state index contributed by atoms with van der Waals surface area (Å²) in [5, 5.41) is 14.9. The van der Waals surface area contributed by atoms with Crippen molar-refractivity contribution in [2.45, 2.75) is 32.4 Å². The molecule has 8 heteroatoms. The zero-order valence-corrected chi connectivity index (χ0v) is 18.9. The summed E-state index contributed by atoms with van der Waals surface area (Å²) in [6.07, 6.45) is 3.35. The predicted octanol–water partition coefficient (Wildman–Crippen LogP) is 3.80. The van der Waals surface area contributed by atoms with Crippen LogP contribution in [-0.4, -0.2) is 45.2 Å². The van der Waals surface area contributed by atoms with Crippen LogP contribution < -0.4 is 10.5 Å². The Morgan fingerprint density at radius 3 is 2.73 bits per heavy atom. The fourth-order valence-electron chi connectivity index (χ4n) is 3.63. The third-order valence-corrected chi connectivity index (χ3v) is 5.46. The van der Waals surface area contributed by atoms with Gasteiger partial charge in [0.1, 0.15) is 5.75 Å². The van der Waals surface area contributed by atoms with Crippen LogP contribution in [0.1, 0.15) is 37.2 Å². The number of pyridine rings is 2. The molecule has 3 heterocycles. The van der Waals surface area contributed by atoms with Gasteiger partial charge in [0.15, 0.2) is 5.82 Å². The number of aliphatic hydroxyl groups excluding tert-OH is 1. The maximum absolute atomic E-state index is 9.50. The van der Waals surface area contributed by atoms with Crippen LogP contribution in [0, 0.1) is 0 Å². The number of rotatable bonds is 10. The van der Waals surface area contributed by atoms with Crippen LogP contribution in [0.3, 0.4) is 0 Å². The minimum absolute atomic E-state index is 0.116. The Morgan fingerprint density at radius 1 is 1.09 bits per heavy atom. The second-order valence-electron chi connectivity index (χ2n) is 7.77. The SMILES string of the molecule is CCC(N)c1cccc(-c2cc(OCCCOC)c3cnn(-c4cccc(CO)n4)c3c2)n1. The van der Waals surface area contributed by atoms with Crippen LogP contribution in [0.5, 0.6) is 5.75 Å². The molecule has 8 nitrogen and oxygen atoms in total. The van der Waals surface area contributed by atoms with Crippen LogP contribution in [0.15, 0.2) is 54.7 Å². The third-order valence-electron chi connectivity index (χ3n) is 5.46. The van der Waals surface area contributed by atoms with Gasteiger partial charge in [-0.15, -0.1) is 0 Å². The van der Waals surface area contributed by atoms with Gasteiger partial charge in [0.05, 0.1) is 47.4 Å². The number of aliphatic hydroxyl groups is 1. The monoisotopic (exact) mass is 447 g/mol. The van der Waals surface area contributed by atoms with Gasteiger partial charge in [-0.25, -0.2) is 9.67 Å². The first kappa shape index (κ1) is 22.8. The van der Waals surface area contributed by atoms with E-state index in [4.69, 9.17) is 20.2 Å². The summed E-state index contributed by atoms with van der Waals surface area (Å²) < 4.78 is 13.0. The molecule has 0 saturated heterocycles. The maximum Gasteiger partial charge on any atom is 0.154 e. The van der Waals surface area contributed by atoms with E-state index in [1.165, 1.54) is 0 Å². The van der Waals surface area contributed by atoms with Crippen molar-refractivity contribution in [1.29, 1.82) is 0 Å². The standard InChI is InChI=1S/C25H29N5O3/c1-3-20(26)22-9-5-8-21(29-22)17-13-23-19(24(14-17)33-12-6-11-32-2)15-27-30(23)25-10-4-7-18(16-31)28-25/h4-5,7-10,13-15,20,31H,3,6,11-12,16,26H2,1-2H3. The lowest BCUT2D eigenvalue weighted by Crippen LogP contribution is -2.10. The lowest BCUT2D eigenvalue weighted by molar-refractivity contribution is 0.172. The van der Waals surface area contributed by atoms with Crippen LogP contribution in [-0.2, 0) is 11.3 Å². The number of hydrogen-bond acceptors (Lipinski definition) is 7. The molecule has 1 atom stereocenters. The van der Waals surface area contributed by atoms with Crippen LogP contribution in [0.4, 0.5) is 0 Å². The van der Waals surface area contributed by atoms with E-state index in [1.54, 1.807) is 24.1 Å². The average Bonchev–Trinajstić information content (AvgIpc) is 3.30. The molecule has 4 rings (SSSR count). The molecule has 1 aromatic carbocycles. The summed E-state index contributed by atoms with van der Waals surface area (Å²) in [5.41, 5.74) is 10.2. The summed E-state index contributed by atoms with van der Waals surface area (Å²) in [6.45, 7) is 3.05. The number of nitrogens with two attached hydrogens (primary N) is 1. The Bertz CT molecular complexity index is 1220. The Labute approximate surface area is 193 Å². The Morgan fingerprint density at radius 2 is 1.94 bits per heavy atom. The van der Waals surface area contributed by atoms with E-state index in [-0.39, 0.29) is 12.6 Å². The van der Waals surface area contributed by atoms with Crippen molar-refractivity contribution in [2.24, 2.45) is 5.73 Å². The van der Waals surface area contributed by atoms with E-state index in [1.807, 2.05) is 49.4 Å². The van der Waals surface area contributed by atoms with E-state index in [0.29, 0.717) is 24.7 Å². The highest BCUT2D eigenvalue weighted by atomic mass is 16.5. The van der Waals surface area contributed by atoms with Crippen molar-refractivity contribution >= 4 is 10.9 Å². The highest BCUT2D eigenvalue weighted by molar-refractivity contribution is 5.90. The molecular weight excluding hydrogens is 418 g/mol. The van der Waals surface area contributed by atoms with Gasteiger partial charge < -0.3 is 20.3 Å². The minimum atomic E-state index is -0.138. The molecular formula is C25H29N5O3. The van der Waals surface area contributed by atoms with Gasteiger partial charge in [-0.1, -0.05) is 19.1 Å². The van der Waals surface area contributed by atoms with Crippen molar-refractivity contribution in [2.75, 3.05) is 20.3 Å². The minimum Gasteiger partial charge on any atom is -0.493 e. The molecule has 0 saturated carbocycles. The Balaban J connectivity index is 1.83. The molecule has 33 heavy (non-hydrogen) atoms. The summed E-state index contributed by atoms with van der Waals surface area (Å²) in [5.74, 6) is 1.34. The number of benzene rings is 1. The number of nitrogens with zero attached hydrogens (tertiary/aromatic N) is 4. The molecule has 0 amide bonds. The first-order valence-electron chi connectivity index (χ1n) is 11.1. The van der Waals surface area contributed by atoms with E-state index in [2.05, 4.69) is 10.1 Å². The van der Waals surface area contributed by atoms with Gasteiger partial charge in [-0.05, 0) is 42.8 Å². The average molecular weight is 448 g/mol. The molecule has 4 aromatic rings. The molecule has 0 spiro atoms. The van der Waals surface area contributed by atoms with E-state index < -0.39 is 0 Å². The smallest absolute Gasteiger partial charge is 0.154 e. The van der Waals surface area contributed by atoms with E-state index >= 15 is 0 Å². The normalized spacial score (nSPS) is 12.2. The lowest BCUT2D eigenvalue weighted by Gasteiger charge is -2.13. The molecule has 0 bridgehead atoms. The zero-order valence-electron chi connectivity index (χ0n) is 18.9. The highest BCUT2D eigenvalue weighted by Gasteiger charge is 2.15. The second-order valence-corrected chi connectivity index (χ2v) is 7.77. The van der Waals surface area contributed by atoms with E-state index in [0.717, 1.165) is 46.4 Å². The first-order valence-corrected chi connectivity index (χ1v) is 11.1. The summed E-state index contributed by atoms with van der Waals surface area (Å²) in [4.78, 5) is 9.32. The Kier molecular flexibility index (Phi) is 7.29. The molecule has 1 unspecified atom stereocenters. The number of methoxy groups -OCH3 is 1. The van der Waals surface area contributed by atoms with Crippen molar-refractivity contribution in [3.8, 4) is 22.8 Å². The molecule has 0 fully saturated rings. The molecule has 0 radical (unpaired) electrons. The van der Waals surface area contributed by atoms with Gasteiger partial charge in [-0.3, -0.25) is 4.98 Å². The summed E-state index contributed by atoms with van der Waals surface area (Å²) in [6, 6.07) is 15.3.